The predicted octanol–water partition coefficient (Wildman–Crippen LogP) is 1.14. The largest absolute Gasteiger partial charge is 0.481 e. The van der Waals surface area contributed by atoms with E-state index < -0.39 is 5.97 Å². The average molecular weight is 210 g/mol. The third kappa shape index (κ3) is 2.55. The van der Waals surface area contributed by atoms with Gasteiger partial charge in [-0.1, -0.05) is 0 Å². The third-order valence-corrected chi connectivity index (χ3v) is 3.00. The third-order valence-electron chi connectivity index (χ3n) is 1.84. The summed E-state index contributed by atoms with van der Waals surface area (Å²) in [6, 6.07) is 5.46. The molecule has 1 atom stereocenters. The van der Waals surface area contributed by atoms with Crippen molar-refractivity contribution >= 4 is 17.3 Å². The number of nitrogens with two attached hydrogens (primary N) is 1. The summed E-state index contributed by atoms with van der Waals surface area (Å²) < 4.78 is 0. The van der Waals surface area contributed by atoms with Gasteiger partial charge >= 0.3 is 5.97 Å². The van der Waals surface area contributed by atoms with Gasteiger partial charge in [0, 0.05) is 17.3 Å². The molecule has 0 radical (unpaired) electrons. The van der Waals surface area contributed by atoms with E-state index in [0.717, 1.165) is 4.88 Å². The molecule has 4 nitrogen and oxygen atoms in total. The molecule has 0 saturated heterocycles. The molecule has 14 heavy (non-hydrogen) atoms. The molecule has 0 bridgehead atoms. The van der Waals surface area contributed by atoms with Crippen LogP contribution in [0.4, 0.5) is 0 Å². The Morgan fingerprint density at radius 3 is 2.86 bits per heavy atom. The first-order chi connectivity index (χ1) is 6.67. The van der Waals surface area contributed by atoms with Crippen molar-refractivity contribution in [2.45, 2.75) is 12.3 Å². The minimum Gasteiger partial charge on any atom is -0.481 e. The van der Waals surface area contributed by atoms with Crippen molar-refractivity contribution in [3.63, 3.8) is 0 Å². The molecule has 1 aromatic heterocycles. The number of hydrogen-bond acceptors (Lipinski definition) is 4. The number of thiophene rings is 1. The van der Waals surface area contributed by atoms with Crippen molar-refractivity contribution in [2.24, 2.45) is 5.73 Å². The highest BCUT2D eigenvalue weighted by atomic mass is 32.1. The van der Waals surface area contributed by atoms with Gasteiger partial charge in [-0.25, -0.2) is 0 Å². The summed E-state index contributed by atoms with van der Waals surface area (Å²) in [5.74, 6) is -1.05. The quantitative estimate of drug-likeness (QED) is 0.780. The zero-order chi connectivity index (χ0) is 10.6. The first-order valence-electron chi connectivity index (χ1n) is 4.09. The van der Waals surface area contributed by atoms with E-state index in [2.05, 4.69) is 0 Å². The van der Waals surface area contributed by atoms with Crippen molar-refractivity contribution in [1.82, 2.24) is 0 Å². The van der Waals surface area contributed by atoms with Crippen LogP contribution in [0.2, 0.25) is 0 Å². The Morgan fingerprint density at radius 2 is 2.43 bits per heavy atom. The van der Waals surface area contributed by atoms with E-state index in [9.17, 15) is 4.79 Å². The van der Waals surface area contributed by atoms with Crippen molar-refractivity contribution in [3.8, 4) is 6.07 Å². The summed E-state index contributed by atoms with van der Waals surface area (Å²) in [5.41, 5.74) is 5.46. The van der Waals surface area contributed by atoms with Crippen LogP contribution in [0.5, 0.6) is 0 Å². The Balaban J connectivity index is 2.79. The second-order valence-corrected chi connectivity index (χ2v) is 3.96. The van der Waals surface area contributed by atoms with E-state index in [1.54, 1.807) is 12.1 Å². The molecule has 0 amide bonds. The highest BCUT2D eigenvalue weighted by Gasteiger charge is 2.15. The van der Waals surface area contributed by atoms with Gasteiger partial charge in [0.25, 0.3) is 0 Å². The van der Waals surface area contributed by atoms with E-state index in [1.807, 2.05) is 6.07 Å². The standard InChI is InChI=1S/C9H10N2O2S/c10-4-6(3-9(12)13)8-2-1-7(5-11)14-8/h1-2,6H,3-4,10H2,(H,12,13). The summed E-state index contributed by atoms with van der Waals surface area (Å²) in [5, 5.41) is 17.2. The number of carboxylic acid groups (broad SMARTS) is 1. The van der Waals surface area contributed by atoms with E-state index in [0.29, 0.717) is 4.88 Å². The molecule has 0 aliphatic rings. The molecule has 1 rings (SSSR count). The van der Waals surface area contributed by atoms with Gasteiger partial charge in [0.1, 0.15) is 10.9 Å². The molecule has 5 heteroatoms. The van der Waals surface area contributed by atoms with Crippen LogP contribution in [0.25, 0.3) is 0 Å². The number of rotatable bonds is 4. The maximum atomic E-state index is 10.5. The Hall–Kier alpha value is -1.38. The Labute approximate surface area is 85.6 Å². The highest BCUT2D eigenvalue weighted by Crippen LogP contribution is 2.26. The fraction of sp³-hybridized carbons (Fsp3) is 0.333. The van der Waals surface area contributed by atoms with Crippen molar-refractivity contribution in [1.29, 1.82) is 5.26 Å². The minimum atomic E-state index is -0.868. The molecule has 0 fully saturated rings. The molecule has 3 N–H and O–H groups in total. The normalized spacial score (nSPS) is 12.0. The maximum absolute atomic E-state index is 10.5. The van der Waals surface area contributed by atoms with Gasteiger partial charge in [-0.2, -0.15) is 5.26 Å². The molecule has 1 heterocycles. The van der Waals surface area contributed by atoms with E-state index in [-0.39, 0.29) is 18.9 Å². The lowest BCUT2D eigenvalue weighted by Crippen LogP contribution is -2.15. The smallest absolute Gasteiger partial charge is 0.304 e. The van der Waals surface area contributed by atoms with Gasteiger partial charge in [0.2, 0.25) is 0 Å². The molecule has 1 aromatic rings. The number of nitrogens with zero attached hydrogens (tertiary/aromatic N) is 1. The number of hydrogen-bond donors (Lipinski definition) is 2. The van der Waals surface area contributed by atoms with Crippen LogP contribution in [0.1, 0.15) is 22.1 Å². The molecule has 74 valence electrons. The maximum Gasteiger partial charge on any atom is 0.304 e. The Morgan fingerprint density at radius 1 is 1.71 bits per heavy atom. The average Bonchev–Trinajstić information content (AvgIpc) is 2.62. The Kier molecular flexibility index (Phi) is 3.63. The molecule has 0 saturated carbocycles. The van der Waals surface area contributed by atoms with Crippen molar-refractivity contribution < 1.29 is 9.90 Å². The van der Waals surface area contributed by atoms with Crippen LogP contribution >= 0.6 is 11.3 Å². The van der Waals surface area contributed by atoms with Crippen LogP contribution in [0, 0.1) is 11.3 Å². The van der Waals surface area contributed by atoms with Gasteiger partial charge in [-0.3, -0.25) is 4.79 Å². The molecular formula is C9H10N2O2S. The minimum absolute atomic E-state index is 0.0158. The number of nitriles is 1. The first kappa shape index (κ1) is 10.7. The molecule has 0 spiro atoms. The molecule has 0 aliphatic heterocycles. The Bertz CT molecular complexity index is 367. The number of aliphatic carboxylic acids is 1. The van der Waals surface area contributed by atoms with E-state index in [1.165, 1.54) is 11.3 Å². The summed E-state index contributed by atoms with van der Waals surface area (Å²) in [7, 11) is 0. The van der Waals surface area contributed by atoms with Gasteiger partial charge in [-0.15, -0.1) is 11.3 Å². The molecule has 1 unspecified atom stereocenters. The number of carbonyl (C=O) groups is 1. The fourth-order valence-corrected chi connectivity index (χ4v) is 2.06. The SMILES string of the molecule is N#Cc1ccc(C(CN)CC(=O)O)s1. The predicted molar refractivity (Wildman–Crippen MR) is 53.1 cm³/mol. The second kappa shape index (κ2) is 4.74. The zero-order valence-corrected chi connectivity index (χ0v) is 8.25. The van der Waals surface area contributed by atoms with E-state index >= 15 is 0 Å². The highest BCUT2D eigenvalue weighted by molar-refractivity contribution is 7.12. The van der Waals surface area contributed by atoms with Gasteiger partial charge in [0.15, 0.2) is 0 Å². The fourth-order valence-electron chi connectivity index (χ4n) is 1.14. The molecule has 0 aromatic carbocycles. The lowest BCUT2D eigenvalue weighted by Gasteiger charge is -2.08. The van der Waals surface area contributed by atoms with Crippen LogP contribution in [-0.4, -0.2) is 17.6 Å². The summed E-state index contributed by atoms with van der Waals surface area (Å²) in [4.78, 5) is 12.0. The van der Waals surface area contributed by atoms with Crippen LogP contribution in [-0.2, 0) is 4.79 Å². The second-order valence-electron chi connectivity index (χ2n) is 2.84. The lowest BCUT2D eigenvalue weighted by atomic mass is 10.0. The zero-order valence-electron chi connectivity index (χ0n) is 7.43. The van der Waals surface area contributed by atoms with Crippen molar-refractivity contribution in [3.05, 3.63) is 21.9 Å². The van der Waals surface area contributed by atoms with Gasteiger partial charge < -0.3 is 10.8 Å². The number of carboxylic acids is 1. The monoisotopic (exact) mass is 210 g/mol. The first-order valence-corrected chi connectivity index (χ1v) is 4.90. The van der Waals surface area contributed by atoms with E-state index in [4.69, 9.17) is 16.1 Å². The van der Waals surface area contributed by atoms with Crippen LogP contribution in [0.15, 0.2) is 12.1 Å². The van der Waals surface area contributed by atoms with Gasteiger partial charge in [-0.05, 0) is 12.1 Å². The summed E-state index contributed by atoms with van der Waals surface area (Å²) >= 11 is 1.30. The summed E-state index contributed by atoms with van der Waals surface area (Å²) in [6.45, 7) is 0.289. The van der Waals surface area contributed by atoms with Crippen LogP contribution < -0.4 is 5.73 Å². The van der Waals surface area contributed by atoms with Gasteiger partial charge in [0.05, 0.1) is 6.42 Å². The lowest BCUT2D eigenvalue weighted by molar-refractivity contribution is -0.137. The van der Waals surface area contributed by atoms with Crippen molar-refractivity contribution in [2.75, 3.05) is 6.54 Å². The molecular weight excluding hydrogens is 200 g/mol. The summed E-state index contributed by atoms with van der Waals surface area (Å²) in [6.07, 6.45) is 0.0158. The topological polar surface area (TPSA) is 87.1 Å². The van der Waals surface area contributed by atoms with Crippen LogP contribution in [0.3, 0.4) is 0 Å². The molecule has 0 aliphatic carbocycles.